The molecule has 0 atom stereocenters. The summed E-state index contributed by atoms with van der Waals surface area (Å²) in [5.41, 5.74) is -0.565. The van der Waals surface area contributed by atoms with Crippen LogP contribution in [-0.2, 0) is 0 Å². The molecule has 0 aliphatic carbocycles. The van der Waals surface area contributed by atoms with Crippen LogP contribution >= 0.6 is 0 Å². The van der Waals surface area contributed by atoms with Crippen LogP contribution in [0.2, 0.25) is 0 Å². The zero-order chi connectivity index (χ0) is 6.85. The molecule has 0 aliphatic heterocycles. The number of aromatic nitrogens is 2. The minimum Gasteiger partial charge on any atom is -0.283 e. The molecule has 0 radical (unpaired) electrons. The minimum absolute atomic E-state index is 0.291. The number of nitrogens with zero attached hydrogens (tertiary/aromatic N) is 1. The van der Waals surface area contributed by atoms with Crippen molar-refractivity contribution in [3.8, 4) is 0 Å². The van der Waals surface area contributed by atoms with Crippen molar-refractivity contribution in [1.29, 1.82) is 0 Å². The van der Waals surface area contributed by atoms with Crippen molar-refractivity contribution in [3.63, 3.8) is 0 Å². The van der Waals surface area contributed by atoms with Gasteiger partial charge < -0.3 is 0 Å². The molecule has 1 aromatic rings. The van der Waals surface area contributed by atoms with Gasteiger partial charge in [-0.1, -0.05) is 0 Å². The zero-order valence-corrected chi connectivity index (χ0v) is 4.75. The summed E-state index contributed by atoms with van der Waals surface area (Å²) in [6, 6.07) is 0. The predicted molar refractivity (Wildman–Crippen MR) is 25.8 cm³/mol. The van der Waals surface area contributed by atoms with Gasteiger partial charge in [-0.25, -0.2) is 9.59 Å². The monoisotopic (exact) mass is 129 g/mol. The average molecular weight is 129 g/mol. The van der Waals surface area contributed by atoms with Gasteiger partial charge in [-0.05, 0) is 9.95 Å². The Hall–Kier alpha value is -1.39. The smallest absolute Gasteiger partial charge is 0.283 e. The largest absolute Gasteiger partial charge is 0.427 e. The van der Waals surface area contributed by atoms with Gasteiger partial charge in [0.15, 0.2) is 0 Å². The van der Waals surface area contributed by atoms with E-state index in [1.165, 1.54) is 6.92 Å². The Morgan fingerprint density at radius 2 is 2.56 bits per heavy atom. The third kappa shape index (κ3) is 1.04. The van der Waals surface area contributed by atoms with Gasteiger partial charge in [-0.3, -0.25) is 4.52 Å². The second-order valence-corrected chi connectivity index (χ2v) is 1.53. The Bertz CT molecular complexity index is 271. The second kappa shape index (κ2) is 1.85. The van der Waals surface area contributed by atoms with Crippen LogP contribution in [0.5, 0.6) is 0 Å². The highest BCUT2D eigenvalue weighted by molar-refractivity contribution is 5.62. The van der Waals surface area contributed by atoms with Gasteiger partial charge in [0.05, 0.1) is 6.92 Å². The van der Waals surface area contributed by atoms with E-state index < -0.39 is 5.63 Å². The molecule has 0 aromatic carbocycles. The Kier molecular flexibility index (Phi) is 1.18. The van der Waals surface area contributed by atoms with Crippen LogP contribution in [-0.4, -0.2) is 11.2 Å². The van der Waals surface area contributed by atoms with Crippen LogP contribution in [0.4, 0.5) is 0 Å². The van der Waals surface area contributed by atoms with Gasteiger partial charge in [-0.15, -0.1) is 0 Å². The molecule has 0 saturated carbocycles. The first-order chi connectivity index (χ1) is 4.20. The Labute approximate surface area is 49.8 Å². The van der Waals surface area contributed by atoms with Crippen LogP contribution < -0.4 is 10.3 Å². The maximum atomic E-state index is 10.4. The number of carbonyl (C=O) groups is 1. The van der Waals surface area contributed by atoms with Crippen LogP contribution in [0.25, 0.3) is 0 Å². The first-order valence-electron chi connectivity index (χ1n) is 2.31. The van der Waals surface area contributed by atoms with Crippen molar-refractivity contribution in [2.75, 3.05) is 0 Å². The lowest BCUT2D eigenvalue weighted by Crippen LogP contribution is -2.41. The molecular formula is C4H5N2O3+. The lowest BCUT2D eigenvalue weighted by Gasteiger charge is -1.70. The number of rotatable bonds is 0. The van der Waals surface area contributed by atoms with E-state index in [9.17, 15) is 9.59 Å². The summed E-state index contributed by atoms with van der Waals surface area (Å²) in [5.74, 6) is -0.291. The molecule has 1 N–H and O–H groups in total. The fourth-order valence-electron chi connectivity index (χ4n) is 0.407. The summed E-state index contributed by atoms with van der Waals surface area (Å²) in [6.07, 6.45) is 1.03. The molecule has 1 aromatic heterocycles. The molecule has 0 saturated heterocycles. The highest BCUT2D eigenvalue weighted by Gasteiger charge is 2.10. The maximum absolute atomic E-state index is 10.4. The number of aromatic amines is 1. The van der Waals surface area contributed by atoms with E-state index in [0.29, 0.717) is 0 Å². The number of H-pyrrole nitrogens is 1. The minimum atomic E-state index is -0.565. The summed E-state index contributed by atoms with van der Waals surface area (Å²) in [6.45, 7) is 1.31. The van der Waals surface area contributed by atoms with Crippen molar-refractivity contribution in [2.45, 2.75) is 6.92 Å². The predicted octanol–water partition coefficient (Wildman–Crippen LogP) is -1.08. The summed E-state index contributed by atoms with van der Waals surface area (Å²) >= 11 is 0. The van der Waals surface area contributed by atoms with Crippen LogP contribution in [0.3, 0.4) is 0 Å². The number of hydrogen-bond donors (Lipinski definition) is 1. The van der Waals surface area contributed by atoms with E-state index in [2.05, 4.69) is 9.79 Å². The lowest BCUT2D eigenvalue weighted by molar-refractivity contribution is -0.647. The van der Waals surface area contributed by atoms with Crippen molar-refractivity contribution >= 4 is 5.91 Å². The quantitative estimate of drug-likeness (QED) is 0.453. The molecule has 0 aliphatic rings. The average Bonchev–Trinajstić information content (AvgIpc) is 2.14. The van der Waals surface area contributed by atoms with Gasteiger partial charge in [0.2, 0.25) is 0 Å². The Balaban J connectivity index is 3.12. The molecule has 1 rings (SSSR count). The molecule has 0 bridgehead atoms. The van der Waals surface area contributed by atoms with Gasteiger partial charge in [0.1, 0.15) is 0 Å². The summed E-state index contributed by atoms with van der Waals surface area (Å²) in [7, 11) is 0. The van der Waals surface area contributed by atoms with E-state index in [1.54, 1.807) is 0 Å². The molecule has 5 heteroatoms. The van der Waals surface area contributed by atoms with Crippen molar-refractivity contribution in [3.05, 3.63) is 16.6 Å². The molecular weight excluding hydrogens is 124 g/mol. The van der Waals surface area contributed by atoms with Crippen molar-refractivity contribution in [2.24, 2.45) is 0 Å². The Morgan fingerprint density at radius 1 is 1.89 bits per heavy atom. The summed E-state index contributed by atoms with van der Waals surface area (Å²) in [4.78, 5) is 20.6. The molecule has 5 nitrogen and oxygen atoms in total. The number of nitrogens with one attached hydrogen (secondary N) is 1. The lowest BCUT2D eigenvalue weighted by atomic mass is 10.7. The maximum Gasteiger partial charge on any atom is 0.427 e. The third-order valence-electron chi connectivity index (χ3n) is 0.818. The molecule has 1 heterocycles. The summed E-state index contributed by atoms with van der Waals surface area (Å²) in [5, 5.41) is 2.08. The first kappa shape index (κ1) is 5.74. The van der Waals surface area contributed by atoms with Gasteiger partial charge in [0, 0.05) is 0 Å². The fourth-order valence-corrected chi connectivity index (χ4v) is 0.407. The van der Waals surface area contributed by atoms with E-state index in [1.807, 2.05) is 0 Å². The molecule has 9 heavy (non-hydrogen) atoms. The molecule has 0 spiro atoms. The topological polar surface area (TPSA) is 66.9 Å². The highest BCUT2D eigenvalue weighted by Crippen LogP contribution is 1.59. The SMILES string of the molecule is CC(=O)[n+]1cc(=O)o[nH]1. The van der Waals surface area contributed by atoms with Crippen LogP contribution in [0, 0.1) is 0 Å². The third-order valence-corrected chi connectivity index (χ3v) is 0.818. The van der Waals surface area contributed by atoms with Crippen molar-refractivity contribution < 1.29 is 14.0 Å². The van der Waals surface area contributed by atoms with Gasteiger partial charge >= 0.3 is 11.5 Å². The van der Waals surface area contributed by atoms with E-state index >= 15 is 0 Å². The number of carbonyl (C=O) groups excluding carboxylic acids is 1. The Morgan fingerprint density at radius 3 is 2.78 bits per heavy atom. The zero-order valence-electron chi connectivity index (χ0n) is 4.75. The van der Waals surface area contributed by atoms with Gasteiger partial charge in [-0.2, -0.15) is 0 Å². The van der Waals surface area contributed by atoms with E-state index in [-0.39, 0.29) is 5.91 Å². The first-order valence-corrected chi connectivity index (χ1v) is 2.31. The van der Waals surface area contributed by atoms with E-state index in [4.69, 9.17) is 0 Å². The standard InChI is InChI=1S/C4H4N2O3/c1-3(7)6-2-4(8)9-5-6/h2H,1H3/p+1. The normalized spacial score (nSPS) is 9.44. The van der Waals surface area contributed by atoms with Crippen molar-refractivity contribution in [1.82, 2.24) is 5.27 Å². The number of hydrogen-bond acceptors (Lipinski definition) is 3. The van der Waals surface area contributed by atoms with Gasteiger partial charge in [0.25, 0.3) is 6.20 Å². The highest BCUT2D eigenvalue weighted by atomic mass is 16.5. The molecule has 48 valence electrons. The molecule has 0 fully saturated rings. The van der Waals surface area contributed by atoms with Crippen LogP contribution in [0.1, 0.15) is 11.7 Å². The molecule has 0 amide bonds. The molecule has 0 unspecified atom stereocenters. The summed E-state index contributed by atoms with van der Waals surface area (Å²) < 4.78 is 5.15. The fraction of sp³-hybridized carbons (Fsp3) is 0.250. The second-order valence-electron chi connectivity index (χ2n) is 1.53. The van der Waals surface area contributed by atoms with E-state index in [0.717, 1.165) is 10.9 Å². The van der Waals surface area contributed by atoms with Crippen LogP contribution in [0.15, 0.2) is 15.5 Å².